The van der Waals surface area contributed by atoms with E-state index in [-0.39, 0.29) is 26.0 Å². The van der Waals surface area contributed by atoms with Crippen LogP contribution in [0.5, 0.6) is 0 Å². The number of nitrogens with zero attached hydrogens (tertiary/aromatic N) is 3. The molecule has 0 unspecified atom stereocenters. The molecule has 0 amide bonds. The molecule has 0 fully saturated rings. The summed E-state index contributed by atoms with van der Waals surface area (Å²) in [6.07, 6.45) is 2.53. The number of benzene rings is 3. The Labute approximate surface area is 222 Å². The van der Waals surface area contributed by atoms with E-state index in [2.05, 4.69) is 11.6 Å². The number of hydrogen-bond acceptors (Lipinski definition) is 6. The predicted molar refractivity (Wildman–Crippen MR) is 148 cm³/mol. The van der Waals surface area contributed by atoms with Gasteiger partial charge in [-0.05, 0) is 49.7 Å². The lowest BCUT2D eigenvalue weighted by Crippen LogP contribution is -2.18. The summed E-state index contributed by atoms with van der Waals surface area (Å²) in [5.74, 6) is -0.0594. The number of para-hydroxylation sites is 2. The van der Waals surface area contributed by atoms with Crippen molar-refractivity contribution in [3.8, 4) is 0 Å². The van der Waals surface area contributed by atoms with Crippen LogP contribution in [0.15, 0.2) is 93.5 Å². The highest BCUT2D eigenvalue weighted by molar-refractivity contribution is 7.93. The summed E-state index contributed by atoms with van der Waals surface area (Å²) < 4.78 is 59.6. The third kappa shape index (κ3) is 4.77. The molecular formula is C28H28N4O4S2. The topological polar surface area (TPSA) is 111 Å². The fourth-order valence-corrected chi connectivity index (χ4v) is 7.09. The molecule has 1 N–H and O–H groups in total. The van der Waals surface area contributed by atoms with Crippen molar-refractivity contribution < 1.29 is 16.8 Å². The van der Waals surface area contributed by atoms with E-state index in [0.29, 0.717) is 29.6 Å². The van der Waals surface area contributed by atoms with E-state index in [4.69, 9.17) is 9.97 Å². The molecule has 5 rings (SSSR count). The molecule has 0 bridgehead atoms. The smallest absolute Gasteiger partial charge is 0.263 e. The maximum atomic E-state index is 14.2. The van der Waals surface area contributed by atoms with Crippen molar-refractivity contribution in [1.82, 2.24) is 14.5 Å². The number of fused-ring (bicyclic) bond motifs is 2. The number of sulfone groups is 1. The van der Waals surface area contributed by atoms with Crippen LogP contribution < -0.4 is 4.72 Å². The first-order valence-electron chi connectivity index (χ1n) is 12.4. The molecule has 0 aliphatic rings. The molecule has 2 heterocycles. The molecule has 10 heteroatoms. The maximum Gasteiger partial charge on any atom is 0.263 e. The first-order valence-corrected chi connectivity index (χ1v) is 15.4. The number of unbranched alkanes of at least 4 members (excludes halogenated alkanes) is 2. The van der Waals surface area contributed by atoms with E-state index >= 15 is 0 Å². The monoisotopic (exact) mass is 548 g/mol. The number of nitrogens with one attached hydrogen (secondary N) is 1. The van der Waals surface area contributed by atoms with Crippen LogP contribution in [0.25, 0.3) is 22.2 Å². The van der Waals surface area contributed by atoms with E-state index in [1.54, 1.807) is 53.1 Å². The maximum absolute atomic E-state index is 14.2. The number of aromatic nitrogens is 3. The third-order valence-electron chi connectivity index (χ3n) is 6.38. The molecule has 38 heavy (non-hydrogen) atoms. The number of sulfonamides is 1. The molecule has 0 saturated carbocycles. The summed E-state index contributed by atoms with van der Waals surface area (Å²) in [5.41, 5.74) is 2.46. The molecule has 196 valence electrons. The van der Waals surface area contributed by atoms with Gasteiger partial charge in [0, 0.05) is 6.54 Å². The van der Waals surface area contributed by atoms with Crippen LogP contribution in [-0.4, -0.2) is 31.4 Å². The van der Waals surface area contributed by atoms with Gasteiger partial charge in [-0.1, -0.05) is 67.8 Å². The van der Waals surface area contributed by atoms with Crippen molar-refractivity contribution in [1.29, 1.82) is 0 Å². The van der Waals surface area contributed by atoms with Gasteiger partial charge in [0.1, 0.15) is 16.2 Å². The Bertz CT molecular complexity index is 1830. The Hall–Kier alpha value is -3.76. The lowest BCUT2D eigenvalue weighted by atomic mass is 10.2. The van der Waals surface area contributed by atoms with Gasteiger partial charge in [-0.15, -0.1) is 0 Å². The van der Waals surface area contributed by atoms with Crippen LogP contribution in [0.1, 0.15) is 31.7 Å². The van der Waals surface area contributed by atoms with Crippen molar-refractivity contribution >= 4 is 47.9 Å². The Morgan fingerprint density at radius 1 is 0.763 bits per heavy atom. The number of aryl methyl sites for hydroxylation is 2. The third-order valence-corrected chi connectivity index (χ3v) is 9.55. The summed E-state index contributed by atoms with van der Waals surface area (Å²) in [7, 11) is -8.32. The van der Waals surface area contributed by atoms with Crippen LogP contribution >= 0.6 is 0 Å². The average Bonchev–Trinajstić information content (AvgIpc) is 3.20. The summed E-state index contributed by atoms with van der Waals surface area (Å²) >= 11 is 0. The summed E-state index contributed by atoms with van der Waals surface area (Å²) in [6.45, 7) is 4.30. The van der Waals surface area contributed by atoms with Crippen LogP contribution in [0.3, 0.4) is 0 Å². The Balaban J connectivity index is 1.84. The van der Waals surface area contributed by atoms with Crippen molar-refractivity contribution in [3.63, 3.8) is 0 Å². The summed E-state index contributed by atoms with van der Waals surface area (Å²) in [5, 5.41) is 0. The number of anilines is 1. The van der Waals surface area contributed by atoms with Gasteiger partial charge in [-0.25, -0.2) is 26.8 Å². The zero-order valence-electron chi connectivity index (χ0n) is 21.1. The SMILES string of the molecule is CCCCCn1c(NS(=O)(=O)c2ccccc2)c(S(=O)(=O)c2ccc(C)cc2)c2nc3ccccc3nc21. The van der Waals surface area contributed by atoms with Gasteiger partial charge in [0.15, 0.2) is 5.65 Å². The van der Waals surface area contributed by atoms with E-state index in [1.807, 2.05) is 13.0 Å². The van der Waals surface area contributed by atoms with Crippen LogP contribution in [-0.2, 0) is 26.4 Å². The van der Waals surface area contributed by atoms with Crippen molar-refractivity contribution in [3.05, 3.63) is 84.4 Å². The van der Waals surface area contributed by atoms with E-state index in [9.17, 15) is 16.8 Å². The average molecular weight is 549 g/mol. The van der Waals surface area contributed by atoms with Gasteiger partial charge in [0.2, 0.25) is 9.84 Å². The fourth-order valence-electron chi connectivity index (χ4n) is 4.39. The van der Waals surface area contributed by atoms with Gasteiger partial charge in [-0.3, -0.25) is 4.72 Å². The van der Waals surface area contributed by atoms with Gasteiger partial charge < -0.3 is 4.57 Å². The lowest BCUT2D eigenvalue weighted by Gasteiger charge is -2.14. The second kappa shape index (κ2) is 10.2. The minimum absolute atomic E-state index is 0.0233. The molecule has 2 aromatic heterocycles. The zero-order valence-corrected chi connectivity index (χ0v) is 22.8. The minimum atomic E-state index is -4.20. The van der Waals surface area contributed by atoms with E-state index in [1.165, 1.54) is 24.3 Å². The predicted octanol–water partition coefficient (Wildman–Crippen LogP) is 5.72. The number of rotatable bonds is 9. The second-order valence-corrected chi connectivity index (χ2v) is 12.7. The van der Waals surface area contributed by atoms with Gasteiger partial charge in [0.25, 0.3) is 10.0 Å². The largest absolute Gasteiger partial charge is 0.309 e. The highest BCUT2D eigenvalue weighted by atomic mass is 32.2. The van der Waals surface area contributed by atoms with Gasteiger partial charge >= 0.3 is 0 Å². The van der Waals surface area contributed by atoms with Crippen molar-refractivity contribution in [2.75, 3.05) is 4.72 Å². The lowest BCUT2D eigenvalue weighted by molar-refractivity contribution is 0.592. The fraction of sp³-hybridized carbons (Fsp3) is 0.214. The first kappa shape index (κ1) is 25.9. The van der Waals surface area contributed by atoms with Crippen LogP contribution in [0, 0.1) is 6.92 Å². The van der Waals surface area contributed by atoms with Crippen molar-refractivity contribution in [2.45, 2.75) is 54.3 Å². The molecule has 5 aromatic rings. The number of hydrogen-bond donors (Lipinski definition) is 1. The molecule has 0 aliphatic heterocycles. The Morgan fingerprint density at radius 3 is 2.05 bits per heavy atom. The highest BCUT2D eigenvalue weighted by Gasteiger charge is 2.33. The molecule has 0 spiro atoms. The molecule has 0 saturated heterocycles. The van der Waals surface area contributed by atoms with E-state index in [0.717, 1.165) is 18.4 Å². The normalized spacial score (nSPS) is 12.3. The first-order chi connectivity index (χ1) is 18.2. The molecule has 0 aliphatic carbocycles. The second-order valence-electron chi connectivity index (χ2n) is 9.16. The van der Waals surface area contributed by atoms with E-state index < -0.39 is 19.9 Å². The van der Waals surface area contributed by atoms with Crippen LogP contribution in [0.4, 0.5) is 5.82 Å². The molecule has 0 atom stereocenters. The Kier molecular flexibility index (Phi) is 6.93. The molecule has 3 aromatic carbocycles. The van der Waals surface area contributed by atoms with Crippen LogP contribution in [0.2, 0.25) is 0 Å². The summed E-state index contributed by atoms with van der Waals surface area (Å²) in [4.78, 5) is 9.33. The summed E-state index contributed by atoms with van der Waals surface area (Å²) in [6, 6.07) is 21.5. The molecular weight excluding hydrogens is 520 g/mol. The highest BCUT2D eigenvalue weighted by Crippen LogP contribution is 2.38. The molecule has 8 nitrogen and oxygen atoms in total. The van der Waals surface area contributed by atoms with Gasteiger partial charge in [0.05, 0.1) is 20.8 Å². The zero-order chi connectivity index (χ0) is 26.9. The molecule has 0 radical (unpaired) electrons. The standard InChI is InChI=1S/C28H28N4O4S2/c1-3-4-10-19-32-27-25(29-23-13-8-9-14-24(23)30-27)26(37(33,34)21-17-15-20(2)16-18-21)28(32)31-38(35,36)22-11-6-5-7-12-22/h5-9,11-18,31H,3-4,10,19H2,1-2H3. The van der Waals surface area contributed by atoms with Crippen molar-refractivity contribution in [2.24, 2.45) is 0 Å². The quantitative estimate of drug-likeness (QED) is 0.236. The minimum Gasteiger partial charge on any atom is -0.309 e. The Morgan fingerprint density at radius 2 is 1.39 bits per heavy atom. The van der Waals surface area contributed by atoms with Gasteiger partial charge in [-0.2, -0.15) is 0 Å².